The molecule has 1 heterocycles. The number of nitro groups is 1. The maximum absolute atomic E-state index is 12.5. The van der Waals surface area contributed by atoms with Gasteiger partial charge in [-0.05, 0) is 37.1 Å². The van der Waals surface area contributed by atoms with Crippen molar-refractivity contribution in [1.82, 2.24) is 9.78 Å². The number of hydrogen-bond donors (Lipinski definition) is 1. The quantitative estimate of drug-likeness (QED) is 0.557. The molecule has 0 saturated carbocycles. The van der Waals surface area contributed by atoms with E-state index in [1.165, 1.54) is 4.68 Å². The second-order valence-electron chi connectivity index (χ2n) is 5.93. The topological polar surface area (TPSA) is 90.1 Å². The summed E-state index contributed by atoms with van der Waals surface area (Å²) in [4.78, 5) is 22.9. The fourth-order valence-electron chi connectivity index (χ4n) is 2.72. The fraction of sp³-hybridized carbons (Fsp3) is 0.158. The Morgan fingerprint density at radius 2 is 1.73 bits per heavy atom. The summed E-state index contributed by atoms with van der Waals surface area (Å²) in [5.41, 5.74) is 3.04. The Morgan fingerprint density at radius 1 is 1.12 bits per heavy atom. The first kappa shape index (κ1) is 17.3. The third-order valence-electron chi connectivity index (χ3n) is 4.22. The third-order valence-corrected chi connectivity index (χ3v) is 4.22. The average Bonchev–Trinajstić information content (AvgIpc) is 3.04. The monoisotopic (exact) mass is 350 g/mol. The first-order valence-corrected chi connectivity index (χ1v) is 8.12. The Kier molecular flexibility index (Phi) is 4.79. The summed E-state index contributed by atoms with van der Waals surface area (Å²) in [5, 5.41) is 17.7. The molecule has 0 aliphatic heterocycles. The molecule has 3 aromatic rings. The fourth-order valence-corrected chi connectivity index (χ4v) is 2.72. The van der Waals surface area contributed by atoms with E-state index in [0.717, 1.165) is 17.3 Å². The summed E-state index contributed by atoms with van der Waals surface area (Å²) in [6, 6.07) is 16.8. The second kappa shape index (κ2) is 7.18. The molecule has 0 aliphatic rings. The summed E-state index contributed by atoms with van der Waals surface area (Å²) < 4.78 is 1.35. The predicted octanol–water partition coefficient (Wildman–Crippen LogP) is 3.97. The molecule has 0 saturated heterocycles. The van der Waals surface area contributed by atoms with E-state index in [4.69, 9.17) is 0 Å². The molecule has 7 heteroatoms. The van der Waals surface area contributed by atoms with Crippen LogP contribution in [0, 0.1) is 17.0 Å². The summed E-state index contributed by atoms with van der Waals surface area (Å²) in [7, 11) is 0. The number of nitrogens with zero attached hydrogens (tertiary/aromatic N) is 3. The number of rotatable bonds is 5. The highest BCUT2D eigenvalue weighted by Crippen LogP contribution is 2.23. The maximum atomic E-state index is 12.5. The Balaban J connectivity index is 1.72. The van der Waals surface area contributed by atoms with Crippen molar-refractivity contribution in [2.75, 3.05) is 5.32 Å². The molecule has 1 amide bonds. The van der Waals surface area contributed by atoms with Crippen LogP contribution in [0.25, 0.3) is 11.1 Å². The zero-order chi connectivity index (χ0) is 18.7. The second-order valence-corrected chi connectivity index (χ2v) is 5.93. The molecule has 0 bridgehead atoms. The molecule has 0 spiro atoms. The molecule has 132 valence electrons. The van der Waals surface area contributed by atoms with Gasteiger partial charge in [0.1, 0.15) is 17.9 Å². The van der Waals surface area contributed by atoms with E-state index in [1.54, 1.807) is 13.8 Å². The van der Waals surface area contributed by atoms with Crippen molar-refractivity contribution in [3.05, 3.63) is 76.6 Å². The Hall–Kier alpha value is -3.48. The van der Waals surface area contributed by atoms with Crippen molar-refractivity contribution in [1.29, 1.82) is 0 Å². The van der Waals surface area contributed by atoms with Crippen molar-refractivity contribution in [2.24, 2.45) is 0 Å². The highest BCUT2D eigenvalue weighted by Gasteiger charge is 2.23. The van der Waals surface area contributed by atoms with E-state index in [9.17, 15) is 14.9 Å². The average molecular weight is 350 g/mol. The van der Waals surface area contributed by atoms with Gasteiger partial charge in [-0.15, -0.1) is 0 Å². The number of hydrogen-bond acceptors (Lipinski definition) is 4. The molecule has 7 nitrogen and oxygen atoms in total. The molecule has 1 unspecified atom stereocenters. The van der Waals surface area contributed by atoms with Gasteiger partial charge >= 0.3 is 5.69 Å². The molecule has 0 fully saturated rings. The Morgan fingerprint density at radius 3 is 2.31 bits per heavy atom. The molecular weight excluding hydrogens is 332 g/mol. The molecule has 3 rings (SSSR count). The molecular formula is C19H18N4O3. The minimum Gasteiger partial charge on any atom is -0.324 e. The van der Waals surface area contributed by atoms with Crippen LogP contribution in [0.4, 0.5) is 11.4 Å². The molecule has 1 N–H and O–H groups in total. The van der Waals surface area contributed by atoms with Crippen LogP contribution in [0.15, 0.2) is 60.8 Å². The number of nitrogens with one attached hydrogen (secondary N) is 1. The lowest BCUT2D eigenvalue weighted by Gasteiger charge is -2.14. The van der Waals surface area contributed by atoms with Crippen LogP contribution in [-0.2, 0) is 4.79 Å². The van der Waals surface area contributed by atoms with Crippen LogP contribution in [0.5, 0.6) is 0 Å². The van der Waals surface area contributed by atoms with Gasteiger partial charge < -0.3 is 5.32 Å². The maximum Gasteiger partial charge on any atom is 0.309 e. The van der Waals surface area contributed by atoms with Gasteiger partial charge in [0.2, 0.25) is 5.91 Å². The van der Waals surface area contributed by atoms with E-state index >= 15 is 0 Å². The van der Waals surface area contributed by atoms with Crippen LogP contribution in [0.3, 0.4) is 0 Å². The van der Waals surface area contributed by atoms with Gasteiger partial charge in [0, 0.05) is 5.69 Å². The summed E-state index contributed by atoms with van der Waals surface area (Å²) in [6.07, 6.45) is 1.16. The van der Waals surface area contributed by atoms with Gasteiger partial charge in [-0.2, -0.15) is 5.10 Å². The molecule has 0 aliphatic carbocycles. The zero-order valence-corrected chi connectivity index (χ0v) is 14.4. The highest BCUT2D eigenvalue weighted by molar-refractivity contribution is 5.93. The first-order valence-electron chi connectivity index (χ1n) is 8.12. The lowest BCUT2D eigenvalue weighted by atomic mass is 10.1. The van der Waals surface area contributed by atoms with E-state index in [0.29, 0.717) is 11.4 Å². The van der Waals surface area contributed by atoms with Gasteiger partial charge in [-0.3, -0.25) is 19.6 Å². The van der Waals surface area contributed by atoms with E-state index in [2.05, 4.69) is 10.4 Å². The van der Waals surface area contributed by atoms with Gasteiger partial charge in [-0.25, -0.2) is 0 Å². The Bertz CT molecular complexity index is 933. The van der Waals surface area contributed by atoms with E-state index in [-0.39, 0.29) is 11.6 Å². The molecule has 26 heavy (non-hydrogen) atoms. The number of carbonyl (C=O) groups excluding carboxylic acids is 1. The molecule has 0 radical (unpaired) electrons. The predicted molar refractivity (Wildman–Crippen MR) is 98.8 cm³/mol. The highest BCUT2D eigenvalue weighted by atomic mass is 16.6. The number of carbonyl (C=O) groups is 1. The van der Waals surface area contributed by atoms with Gasteiger partial charge in [0.05, 0.1) is 4.92 Å². The van der Waals surface area contributed by atoms with Crippen LogP contribution >= 0.6 is 0 Å². The van der Waals surface area contributed by atoms with Crippen molar-refractivity contribution >= 4 is 17.3 Å². The first-order chi connectivity index (χ1) is 12.5. The minimum absolute atomic E-state index is 0.100. The number of amides is 1. The van der Waals surface area contributed by atoms with Crippen molar-refractivity contribution in [2.45, 2.75) is 19.9 Å². The van der Waals surface area contributed by atoms with Gasteiger partial charge in [0.15, 0.2) is 0 Å². The Labute approximate surface area is 150 Å². The lowest BCUT2D eigenvalue weighted by Crippen LogP contribution is -2.25. The van der Waals surface area contributed by atoms with Crippen LogP contribution in [0.2, 0.25) is 0 Å². The van der Waals surface area contributed by atoms with Gasteiger partial charge in [-0.1, -0.05) is 42.5 Å². The van der Waals surface area contributed by atoms with Gasteiger partial charge in [0.25, 0.3) is 0 Å². The smallest absolute Gasteiger partial charge is 0.309 e. The van der Waals surface area contributed by atoms with Crippen LogP contribution in [0.1, 0.15) is 18.7 Å². The third kappa shape index (κ3) is 3.46. The largest absolute Gasteiger partial charge is 0.324 e. The van der Waals surface area contributed by atoms with Crippen molar-refractivity contribution in [3.8, 4) is 11.1 Å². The minimum atomic E-state index is -0.669. The van der Waals surface area contributed by atoms with Crippen molar-refractivity contribution < 1.29 is 9.72 Å². The number of anilines is 1. The van der Waals surface area contributed by atoms with E-state index < -0.39 is 11.0 Å². The zero-order valence-electron chi connectivity index (χ0n) is 14.4. The normalized spacial score (nSPS) is 11.8. The van der Waals surface area contributed by atoms with Crippen LogP contribution < -0.4 is 5.32 Å². The summed E-state index contributed by atoms with van der Waals surface area (Å²) in [6.45, 7) is 3.22. The van der Waals surface area contributed by atoms with E-state index in [1.807, 2.05) is 54.6 Å². The number of aromatic nitrogens is 2. The van der Waals surface area contributed by atoms with Crippen molar-refractivity contribution in [3.63, 3.8) is 0 Å². The standard InChI is InChI=1S/C19H18N4O3/c1-13-18(23(25)26)12-20-22(13)14(2)19(24)21-17-10-8-16(9-11-17)15-6-4-3-5-7-15/h3-12,14H,1-2H3,(H,21,24). The summed E-state index contributed by atoms with van der Waals surface area (Å²) >= 11 is 0. The number of benzene rings is 2. The van der Waals surface area contributed by atoms with Crippen LogP contribution in [-0.4, -0.2) is 20.6 Å². The molecule has 1 aromatic heterocycles. The summed E-state index contributed by atoms with van der Waals surface area (Å²) in [5.74, 6) is -0.293. The molecule has 1 atom stereocenters. The SMILES string of the molecule is Cc1c([N+](=O)[O-])cnn1C(C)C(=O)Nc1ccc(-c2ccccc2)cc1. The molecule has 2 aromatic carbocycles. The lowest BCUT2D eigenvalue weighted by molar-refractivity contribution is -0.385.